The lowest BCUT2D eigenvalue weighted by atomic mass is 9.93. The van der Waals surface area contributed by atoms with Crippen molar-refractivity contribution in [1.29, 1.82) is 0 Å². The topological polar surface area (TPSA) is 63.4 Å². The highest BCUT2D eigenvalue weighted by Crippen LogP contribution is 2.40. The number of likely N-dealkylation sites (N-methyl/N-ethyl adjacent to an activating group) is 1. The first-order valence-electron chi connectivity index (χ1n) is 7.15. The average molecular weight is 292 g/mol. The molecule has 3 atom stereocenters. The van der Waals surface area contributed by atoms with Gasteiger partial charge in [0.1, 0.15) is 17.2 Å². The second-order valence-electron chi connectivity index (χ2n) is 6.33. The fourth-order valence-electron chi connectivity index (χ4n) is 3.21. The molecule has 2 unspecified atom stereocenters. The van der Waals surface area contributed by atoms with Crippen LogP contribution in [-0.4, -0.2) is 42.3 Å². The standard InChI is InChI=1S/C16H21NO4/c1-16(2,19)13-8-11-14(20-4)10-7-9(18)5-6-12(10)17(3)15(11)21-13/h5-7,13,15,18-19H,8H2,1-4H3/p+1/t13-,15?/m1/s1. The highest BCUT2D eigenvalue weighted by atomic mass is 16.5. The van der Waals surface area contributed by atoms with Crippen LogP contribution in [0.15, 0.2) is 23.8 Å². The molecule has 0 bridgehead atoms. The highest BCUT2D eigenvalue weighted by Gasteiger charge is 2.48. The Balaban J connectivity index is 2.11. The maximum Gasteiger partial charge on any atom is 0.223 e. The third kappa shape index (κ3) is 2.21. The Morgan fingerprint density at radius 1 is 1.38 bits per heavy atom. The second-order valence-corrected chi connectivity index (χ2v) is 6.33. The van der Waals surface area contributed by atoms with Gasteiger partial charge in [-0.15, -0.1) is 0 Å². The number of phenolic OH excluding ortho intramolecular Hbond substituents is 1. The lowest BCUT2D eigenvalue weighted by Crippen LogP contribution is -3.09. The van der Waals surface area contributed by atoms with Gasteiger partial charge in [0.2, 0.25) is 6.23 Å². The minimum atomic E-state index is -0.905. The molecule has 2 aliphatic heterocycles. The van der Waals surface area contributed by atoms with Crippen LogP contribution in [0.1, 0.15) is 25.8 Å². The van der Waals surface area contributed by atoms with E-state index in [1.54, 1.807) is 33.1 Å². The van der Waals surface area contributed by atoms with Crippen molar-refractivity contribution in [2.24, 2.45) is 0 Å². The zero-order valence-electron chi connectivity index (χ0n) is 12.8. The molecule has 1 saturated heterocycles. The summed E-state index contributed by atoms with van der Waals surface area (Å²) in [5.41, 5.74) is 2.05. The van der Waals surface area contributed by atoms with Gasteiger partial charge in [-0.05, 0) is 26.0 Å². The molecule has 5 heteroatoms. The number of aliphatic hydroxyl groups is 1. The first-order valence-corrected chi connectivity index (χ1v) is 7.15. The van der Waals surface area contributed by atoms with Gasteiger partial charge in [0.25, 0.3) is 0 Å². The molecule has 1 aromatic rings. The lowest BCUT2D eigenvalue weighted by Gasteiger charge is -2.30. The summed E-state index contributed by atoms with van der Waals surface area (Å²) in [6, 6.07) is 5.28. The number of quaternary nitrogens is 1. The van der Waals surface area contributed by atoms with Gasteiger partial charge in [-0.3, -0.25) is 4.90 Å². The fourth-order valence-corrected chi connectivity index (χ4v) is 3.21. The molecule has 2 heterocycles. The third-order valence-electron chi connectivity index (χ3n) is 4.37. The van der Waals surface area contributed by atoms with Crippen molar-refractivity contribution in [3.05, 3.63) is 29.3 Å². The first-order chi connectivity index (χ1) is 9.82. The quantitative estimate of drug-likeness (QED) is 0.706. The molecule has 0 aromatic heterocycles. The van der Waals surface area contributed by atoms with Crippen molar-refractivity contribution in [3.63, 3.8) is 0 Å². The van der Waals surface area contributed by atoms with Crippen LogP contribution in [-0.2, 0) is 9.47 Å². The van der Waals surface area contributed by atoms with E-state index in [4.69, 9.17) is 9.47 Å². The number of hydrogen-bond donors (Lipinski definition) is 3. The molecule has 3 N–H and O–H groups in total. The molecule has 2 aliphatic rings. The molecule has 0 aliphatic carbocycles. The van der Waals surface area contributed by atoms with Crippen LogP contribution in [0.25, 0.3) is 5.76 Å². The van der Waals surface area contributed by atoms with Gasteiger partial charge >= 0.3 is 0 Å². The Labute approximate surface area is 124 Å². The van der Waals surface area contributed by atoms with Crippen LogP contribution in [0.4, 0.5) is 5.69 Å². The molecule has 3 rings (SSSR count). The Hall–Kier alpha value is -1.56. The predicted octanol–water partition coefficient (Wildman–Crippen LogP) is 0.795. The molecular formula is C16H22NO4+. The first kappa shape index (κ1) is 14.4. The zero-order chi connectivity index (χ0) is 15.4. The molecule has 5 nitrogen and oxygen atoms in total. The monoisotopic (exact) mass is 292 g/mol. The van der Waals surface area contributed by atoms with Crippen molar-refractivity contribution in [2.75, 3.05) is 14.2 Å². The van der Waals surface area contributed by atoms with E-state index in [0.29, 0.717) is 6.42 Å². The molecule has 1 fully saturated rings. The van der Waals surface area contributed by atoms with E-state index in [-0.39, 0.29) is 18.1 Å². The molecule has 0 spiro atoms. The second kappa shape index (κ2) is 4.73. The van der Waals surface area contributed by atoms with Crippen LogP contribution in [0.3, 0.4) is 0 Å². The summed E-state index contributed by atoms with van der Waals surface area (Å²) in [5, 5.41) is 20.0. The molecule has 114 valence electrons. The number of nitrogens with one attached hydrogen (secondary N) is 1. The van der Waals surface area contributed by atoms with Gasteiger partial charge < -0.3 is 19.7 Å². The molecular weight excluding hydrogens is 270 g/mol. The van der Waals surface area contributed by atoms with E-state index < -0.39 is 5.60 Å². The largest absolute Gasteiger partial charge is 0.508 e. The molecule has 0 saturated carbocycles. The fraction of sp³-hybridized carbons (Fsp3) is 0.500. The van der Waals surface area contributed by atoms with Gasteiger partial charge in [0.15, 0.2) is 0 Å². The summed E-state index contributed by atoms with van der Waals surface area (Å²) >= 11 is 0. The van der Waals surface area contributed by atoms with Gasteiger partial charge in [-0.25, -0.2) is 0 Å². The van der Waals surface area contributed by atoms with Crippen LogP contribution in [0, 0.1) is 0 Å². The maximum absolute atomic E-state index is 10.2. The lowest BCUT2D eigenvalue weighted by molar-refractivity contribution is -0.860. The molecule has 21 heavy (non-hydrogen) atoms. The van der Waals surface area contributed by atoms with Crippen LogP contribution in [0.2, 0.25) is 0 Å². The van der Waals surface area contributed by atoms with E-state index in [9.17, 15) is 10.2 Å². The van der Waals surface area contributed by atoms with Crippen LogP contribution < -0.4 is 4.90 Å². The summed E-state index contributed by atoms with van der Waals surface area (Å²) in [5.74, 6) is 0.969. The van der Waals surface area contributed by atoms with E-state index in [1.807, 2.05) is 13.1 Å². The summed E-state index contributed by atoms with van der Waals surface area (Å²) < 4.78 is 11.7. The molecule has 0 amide bonds. The Morgan fingerprint density at radius 3 is 2.71 bits per heavy atom. The summed E-state index contributed by atoms with van der Waals surface area (Å²) in [6.07, 6.45) is 0.206. The van der Waals surface area contributed by atoms with Gasteiger partial charge in [-0.2, -0.15) is 0 Å². The molecule has 0 radical (unpaired) electrons. The number of phenols is 1. The van der Waals surface area contributed by atoms with Gasteiger partial charge in [0, 0.05) is 12.5 Å². The van der Waals surface area contributed by atoms with Crippen molar-refractivity contribution in [3.8, 4) is 5.75 Å². The van der Waals surface area contributed by atoms with E-state index in [0.717, 1.165) is 27.5 Å². The number of methoxy groups -OCH3 is 1. The minimum Gasteiger partial charge on any atom is -0.508 e. The van der Waals surface area contributed by atoms with Gasteiger partial charge in [-0.1, -0.05) is 0 Å². The number of aromatic hydroxyl groups is 1. The number of hydrogen-bond acceptors (Lipinski definition) is 4. The zero-order valence-corrected chi connectivity index (χ0v) is 12.8. The third-order valence-corrected chi connectivity index (χ3v) is 4.37. The predicted molar refractivity (Wildman–Crippen MR) is 78.2 cm³/mol. The Morgan fingerprint density at radius 2 is 2.10 bits per heavy atom. The molecule has 1 aromatic carbocycles. The van der Waals surface area contributed by atoms with E-state index in [2.05, 4.69) is 0 Å². The van der Waals surface area contributed by atoms with Gasteiger partial charge in [0.05, 0.1) is 37.0 Å². The summed E-state index contributed by atoms with van der Waals surface area (Å²) in [7, 11) is 3.66. The van der Waals surface area contributed by atoms with Crippen LogP contribution in [0.5, 0.6) is 5.75 Å². The number of benzene rings is 1. The highest BCUT2D eigenvalue weighted by molar-refractivity contribution is 5.74. The summed E-state index contributed by atoms with van der Waals surface area (Å²) in [4.78, 5) is 1.09. The van der Waals surface area contributed by atoms with E-state index in [1.165, 1.54) is 0 Å². The smallest absolute Gasteiger partial charge is 0.223 e. The van der Waals surface area contributed by atoms with Crippen molar-refractivity contribution in [1.82, 2.24) is 0 Å². The maximum atomic E-state index is 10.2. The number of rotatable bonds is 2. The van der Waals surface area contributed by atoms with Crippen molar-refractivity contribution >= 4 is 11.4 Å². The van der Waals surface area contributed by atoms with Crippen molar-refractivity contribution in [2.45, 2.75) is 38.2 Å². The van der Waals surface area contributed by atoms with Crippen LogP contribution >= 0.6 is 0 Å². The minimum absolute atomic E-state index is 0.159. The van der Waals surface area contributed by atoms with Crippen molar-refractivity contribution < 1.29 is 24.6 Å². The Bertz CT molecular complexity index is 603. The number of ether oxygens (including phenoxy) is 2. The normalized spacial score (nSPS) is 28.3. The average Bonchev–Trinajstić information content (AvgIpc) is 2.84. The summed E-state index contributed by atoms with van der Waals surface area (Å²) in [6.45, 7) is 3.52. The van der Waals surface area contributed by atoms with E-state index >= 15 is 0 Å². The Kier molecular flexibility index (Phi) is 3.24. The SMILES string of the molecule is COC1=C2C[C@H](C(C)(C)O)OC2[NH+](C)c2ccc(O)cc21. The number of fused-ring (bicyclic) bond motifs is 2.